The molecule has 0 heterocycles. The number of rotatable bonds is 3. The molecule has 0 aromatic heterocycles. The fourth-order valence-corrected chi connectivity index (χ4v) is 5.64. The number of hydrogen-bond acceptors (Lipinski definition) is 0. The van der Waals surface area contributed by atoms with Crippen molar-refractivity contribution in [1.29, 1.82) is 0 Å². The molecule has 0 heteroatoms. The van der Waals surface area contributed by atoms with E-state index in [9.17, 15) is 0 Å². The van der Waals surface area contributed by atoms with Crippen LogP contribution in [0, 0.1) is 6.92 Å². The van der Waals surface area contributed by atoms with E-state index in [1.165, 1.54) is 50.1 Å². The van der Waals surface area contributed by atoms with Crippen LogP contribution in [-0.4, -0.2) is 0 Å². The van der Waals surface area contributed by atoms with Crippen LogP contribution >= 0.6 is 0 Å². The summed E-state index contributed by atoms with van der Waals surface area (Å²) in [5.41, 5.74) is 11.6. The summed E-state index contributed by atoms with van der Waals surface area (Å²) in [4.78, 5) is 0. The Hall–Kier alpha value is -3.90. The summed E-state index contributed by atoms with van der Waals surface area (Å²) < 4.78 is 0. The molecule has 0 aliphatic heterocycles. The molecule has 32 heavy (non-hydrogen) atoms. The zero-order chi connectivity index (χ0) is 21.5. The van der Waals surface area contributed by atoms with E-state index < -0.39 is 0 Å². The summed E-state index contributed by atoms with van der Waals surface area (Å²) in [6.07, 6.45) is 0. The lowest BCUT2D eigenvalue weighted by Gasteiger charge is -2.35. The third kappa shape index (κ3) is 2.56. The number of benzene rings is 5. The van der Waals surface area contributed by atoms with Gasteiger partial charge in [-0.05, 0) is 57.0 Å². The molecule has 0 saturated heterocycles. The first-order chi connectivity index (χ1) is 15.8. The van der Waals surface area contributed by atoms with Gasteiger partial charge in [0, 0.05) is 0 Å². The Morgan fingerprint density at radius 3 is 1.62 bits per heavy atom. The molecule has 0 atom stereocenters. The van der Waals surface area contributed by atoms with Crippen molar-refractivity contribution in [2.75, 3.05) is 0 Å². The molecule has 0 fully saturated rings. The number of aryl methyl sites for hydroxylation is 1. The molecule has 5 aromatic carbocycles. The Morgan fingerprint density at radius 2 is 1.00 bits per heavy atom. The van der Waals surface area contributed by atoms with Gasteiger partial charge in [-0.15, -0.1) is 0 Å². The first-order valence-corrected chi connectivity index (χ1v) is 11.2. The average molecular weight is 409 g/mol. The van der Waals surface area contributed by atoms with Gasteiger partial charge in [-0.1, -0.05) is 127 Å². The Labute approximate surface area is 189 Å². The molecule has 1 aliphatic rings. The van der Waals surface area contributed by atoms with Crippen molar-refractivity contribution in [3.8, 4) is 22.3 Å². The second kappa shape index (κ2) is 7.35. The number of hydrogen-bond donors (Lipinski definition) is 0. The molecule has 152 valence electrons. The van der Waals surface area contributed by atoms with E-state index in [1.54, 1.807) is 0 Å². The summed E-state index contributed by atoms with van der Waals surface area (Å²) in [6.45, 7) is 2.24. The second-order valence-corrected chi connectivity index (χ2v) is 8.57. The first-order valence-electron chi connectivity index (χ1n) is 11.2. The zero-order valence-electron chi connectivity index (χ0n) is 18.1. The lowest BCUT2D eigenvalue weighted by molar-refractivity contribution is 0.770. The third-order valence-corrected chi connectivity index (χ3v) is 6.88. The molecule has 6 rings (SSSR count). The summed E-state index contributed by atoms with van der Waals surface area (Å²) in [5, 5.41) is 0. The monoisotopic (exact) mass is 408 g/mol. The molecule has 0 N–H and O–H groups in total. The van der Waals surface area contributed by atoms with Gasteiger partial charge in [0.05, 0.1) is 5.41 Å². The maximum absolute atomic E-state index is 2.33. The summed E-state index contributed by atoms with van der Waals surface area (Å²) in [5.74, 6) is 0. The van der Waals surface area contributed by atoms with Crippen LogP contribution in [0.1, 0.15) is 27.8 Å². The van der Waals surface area contributed by atoms with Gasteiger partial charge in [0.25, 0.3) is 0 Å². The molecule has 0 radical (unpaired) electrons. The zero-order valence-corrected chi connectivity index (χ0v) is 18.1. The van der Waals surface area contributed by atoms with Crippen LogP contribution < -0.4 is 0 Å². The van der Waals surface area contributed by atoms with Gasteiger partial charge >= 0.3 is 0 Å². The van der Waals surface area contributed by atoms with E-state index in [1.807, 2.05) is 0 Å². The fourth-order valence-electron chi connectivity index (χ4n) is 5.64. The summed E-state index contributed by atoms with van der Waals surface area (Å²) >= 11 is 0. The minimum absolute atomic E-state index is 0.369. The lowest BCUT2D eigenvalue weighted by atomic mass is 9.66. The van der Waals surface area contributed by atoms with Crippen molar-refractivity contribution in [2.45, 2.75) is 12.3 Å². The molecule has 5 aromatic rings. The highest BCUT2D eigenvalue weighted by molar-refractivity contribution is 5.93. The van der Waals surface area contributed by atoms with Crippen LogP contribution in [-0.2, 0) is 5.41 Å². The highest BCUT2D eigenvalue weighted by Gasteiger charge is 2.47. The van der Waals surface area contributed by atoms with E-state index in [0.29, 0.717) is 0 Å². The van der Waals surface area contributed by atoms with Gasteiger partial charge in [-0.2, -0.15) is 0 Å². The van der Waals surface area contributed by atoms with Crippen LogP contribution in [0.4, 0.5) is 0 Å². The first kappa shape index (κ1) is 18.8. The molecule has 0 bridgehead atoms. The Morgan fingerprint density at radius 1 is 0.469 bits per heavy atom. The van der Waals surface area contributed by atoms with Crippen molar-refractivity contribution in [3.05, 3.63) is 155 Å². The van der Waals surface area contributed by atoms with Gasteiger partial charge in [0.15, 0.2) is 0 Å². The fraction of sp³-hybridized carbons (Fsp3) is 0.0625. The van der Waals surface area contributed by atoms with E-state index in [0.717, 1.165) is 0 Å². The largest absolute Gasteiger partial charge is 0.0719 e. The second-order valence-electron chi connectivity index (χ2n) is 8.57. The minimum Gasteiger partial charge on any atom is -0.0622 e. The van der Waals surface area contributed by atoms with Gasteiger partial charge in [-0.3, -0.25) is 0 Å². The highest BCUT2D eigenvalue weighted by Crippen LogP contribution is 2.59. The molecular formula is C32H24. The standard InChI is InChI=1S/C32H24/c1-23-13-11-22-29-30(23)28-21-12-20-27(24-14-5-2-6-15-24)31(28)32(29,25-16-7-3-8-17-25)26-18-9-4-10-19-26/h2-22H,1H3. The quantitative estimate of drug-likeness (QED) is 0.278. The van der Waals surface area contributed by atoms with Gasteiger partial charge in [0.2, 0.25) is 0 Å². The molecule has 0 nitrogen and oxygen atoms in total. The third-order valence-electron chi connectivity index (χ3n) is 6.88. The van der Waals surface area contributed by atoms with E-state index in [2.05, 4.69) is 134 Å². The predicted molar refractivity (Wildman–Crippen MR) is 134 cm³/mol. The Kier molecular flexibility index (Phi) is 4.33. The topological polar surface area (TPSA) is 0 Å². The molecule has 0 unspecified atom stereocenters. The van der Waals surface area contributed by atoms with Crippen LogP contribution in [0.15, 0.2) is 127 Å². The molecule has 1 aliphatic carbocycles. The van der Waals surface area contributed by atoms with Crippen LogP contribution in [0.2, 0.25) is 0 Å². The Balaban J connectivity index is 1.85. The van der Waals surface area contributed by atoms with Crippen LogP contribution in [0.25, 0.3) is 22.3 Å². The van der Waals surface area contributed by atoms with Gasteiger partial charge < -0.3 is 0 Å². The van der Waals surface area contributed by atoms with Crippen molar-refractivity contribution < 1.29 is 0 Å². The molecule has 0 spiro atoms. The Bertz CT molecular complexity index is 1360. The SMILES string of the molecule is Cc1cccc2c1-c1cccc(-c3ccccc3)c1C2(c1ccccc1)c1ccccc1. The molecular weight excluding hydrogens is 384 g/mol. The van der Waals surface area contributed by atoms with E-state index >= 15 is 0 Å². The maximum atomic E-state index is 2.33. The minimum atomic E-state index is -0.369. The van der Waals surface area contributed by atoms with Crippen molar-refractivity contribution in [2.24, 2.45) is 0 Å². The van der Waals surface area contributed by atoms with Crippen molar-refractivity contribution in [3.63, 3.8) is 0 Å². The maximum Gasteiger partial charge on any atom is 0.0719 e. The summed E-state index contributed by atoms with van der Waals surface area (Å²) in [7, 11) is 0. The van der Waals surface area contributed by atoms with Crippen LogP contribution in [0.5, 0.6) is 0 Å². The van der Waals surface area contributed by atoms with Gasteiger partial charge in [-0.25, -0.2) is 0 Å². The van der Waals surface area contributed by atoms with Crippen LogP contribution in [0.3, 0.4) is 0 Å². The number of fused-ring (bicyclic) bond motifs is 3. The predicted octanol–water partition coefficient (Wildman–Crippen LogP) is 8.03. The van der Waals surface area contributed by atoms with Crippen molar-refractivity contribution >= 4 is 0 Å². The highest BCUT2D eigenvalue weighted by atomic mass is 14.5. The van der Waals surface area contributed by atoms with Gasteiger partial charge in [0.1, 0.15) is 0 Å². The van der Waals surface area contributed by atoms with Crippen molar-refractivity contribution in [1.82, 2.24) is 0 Å². The van der Waals surface area contributed by atoms with E-state index in [-0.39, 0.29) is 5.41 Å². The molecule has 0 amide bonds. The summed E-state index contributed by atoms with van der Waals surface area (Å²) in [6, 6.07) is 46.4. The average Bonchev–Trinajstić information content (AvgIpc) is 3.18. The smallest absolute Gasteiger partial charge is 0.0622 e. The molecule has 0 saturated carbocycles. The lowest BCUT2D eigenvalue weighted by Crippen LogP contribution is -2.29. The normalized spacial score (nSPS) is 13.4. The van der Waals surface area contributed by atoms with E-state index in [4.69, 9.17) is 0 Å².